The van der Waals surface area contributed by atoms with Gasteiger partial charge in [0.05, 0.1) is 0 Å². The number of ether oxygens (including phenoxy) is 1. The maximum absolute atomic E-state index is 13.1. The summed E-state index contributed by atoms with van der Waals surface area (Å²) in [7, 11) is 0. The average Bonchev–Trinajstić information content (AvgIpc) is 2.36. The fourth-order valence-electron chi connectivity index (χ4n) is 2.16. The molecule has 1 aromatic carbocycles. The fraction of sp³-hybridized carbons (Fsp3) is 0.600. The molecule has 2 unspecified atom stereocenters. The Hall–Kier alpha value is -1.09. The molecule has 1 N–H and O–H groups in total. The van der Waals surface area contributed by atoms with Crippen molar-refractivity contribution >= 4 is 0 Å². The third-order valence-electron chi connectivity index (χ3n) is 3.00. The summed E-state index contributed by atoms with van der Waals surface area (Å²) in [5.74, 6) is 0.360. The Morgan fingerprint density at radius 2 is 2.06 bits per heavy atom. The second kappa shape index (κ2) is 8.09. The van der Waals surface area contributed by atoms with E-state index in [9.17, 15) is 4.39 Å². The van der Waals surface area contributed by atoms with Crippen molar-refractivity contribution in [3.8, 4) is 5.75 Å². The van der Waals surface area contributed by atoms with Gasteiger partial charge in [0.2, 0.25) is 0 Å². The summed E-state index contributed by atoms with van der Waals surface area (Å²) in [5.41, 5.74) is 0. The normalized spacial score (nSPS) is 14.2. The van der Waals surface area contributed by atoms with Crippen LogP contribution >= 0.6 is 0 Å². The van der Waals surface area contributed by atoms with Crippen LogP contribution in [0.5, 0.6) is 5.75 Å². The van der Waals surface area contributed by atoms with E-state index in [1.54, 1.807) is 12.1 Å². The molecule has 102 valence electrons. The van der Waals surface area contributed by atoms with Crippen LogP contribution in [0.3, 0.4) is 0 Å². The minimum Gasteiger partial charge on any atom is -0.489 e. The van der Waals surface area contributed by atoms with Crippen molar-refractivity contribution in [2.75, 3.05) is 6.54 Å². The lowest BCUT2D eigenvalue weighted by atomic mass is 10.0. The molecule has 0 saturated heterocycles. The van der Waals surface area contributed by atoms with Crippen LogP contribution in [0.25, 0.3) is 0 Å². The van der Waals surface area contributed by atoms with Gasteiger partial charge in [0.1, 0.15) is 17.7 Å². The quantitative estimate of drug-likeness (QED) is 0.761. The fourth-order valence-corrected chi connectivity index (χ4v) is 2.16. The monoisotopic (exact) mass is 253 g/mol. The minimum absolute atomic E-state index is 0.0895. The van der Waals surface area contributed by atoms with Gasteiger partial charge in [0.15, 0.2) is 0 Å². The van der Waals surface area contributed by atoms with Gasteiger partial charge in [0.25, 0.3) is 0 Å². The molecule has 2 nitrogen and oxygen atoms in total. The molecule has 0 aromatic heterocycles. The Kier molecular flexibility index (Phi) is 6.73. The first-order valence-corrected chi connectivity index (χ1v) is 6.86. The van der Waals surface area contributed by atoms with Gasteiger partial charge in [-0.3, -0.25) is 0 Å². The van der Waals surface area contributed by atoms with Crippen molar-refractivity contribution in [2.24, 2.45) is 0 Å². The van der Waals surface area contributed by atoms with Crippen molar-refractivity contribution in [3.05, 3.63) is 30.1 Å². The zero-order valence-electron chi connectivity index (χ0n) is 11.6. The Balaban J connectivity index is 2.69. The molecule has 1 aromatic rings. The molecule has 18 heavy (non-hydrogen) atoms. The third-order valence-corrected chi connectivity index (χ3v) is 3.00. The minimum atomic E-state index is -0.252. The summed E-state index contributed by atoms with van der Waals surface area (Å²) in [5, 5.41) is 3.45. The van der Waals surface area contributed by atoms with Gasteiger partial charge in [-0.2, -0.15) is 0 Å². The molecule has 0 saturated carbocycles. The molecule has 0 aliphatic rings. The third kappa shape index (κ3) is 4.65. The van der Waals surface area contributed by atoms with E-state index in [0.29, 0.717) is 11.8 Å². The summed E-state index contributed by atoms with van der Waals surface area (Å²) in [4.78, 5) is 0. The lowest BCUT2D eigenvalue weighted by molar-refractivity contribution is 0.143. The van der Waals surface area contributed by atoms with Gasteiger partial charge >= 0.3 is 0 Å². The highest BCUT2D eigenvalue weighted by molar-refractivity contribution is 5.22. The predicted molar refractivity (Wildman–Crippen MR) is 73.5 cm³/mol. The molecule has 0 radical (unpaired) electrons. The molecule has 3 heteroatoms. The van der Waals surface area contributed by atoms with Crippen LogP contribution in [-0.4, -0.2) is 18.7 Å². The molecule has 0 spiro atoms. The van der Waals surface area contributed by atoms with E-state index in [1.807, 2.05) is 0 Å². The number of rotatable bonds is 8. The zero-order valence-corrected chi connectivity index (χ0v) is 11.6. The summed E-state index contributed by atoms with van der Waals surface area (Å²) in [6.07, 6.45) is 3.18. The number of halogens is 1. The lowest BCUT2D eigenvalue weighted by Gasteiger charge is -2.27. The van der Waals surface area contributed by atoms with Gasteiger partial charge in [-0.25, -0.2) is 4.39 Å². The highest BCUT2D eigenvalue weighted by Gasteiger charge is 2.20. The van der Waals surface area contributed by atoms with Crippen LogP contribution in [0.4, 0.5) is 4.39 Å². The van der Waals surface area contributed by atoms with Crippen LogP contribution < -0.4 is 10.1 Å². The molecule has 0 heterocycles. The van der Waals surface area contributed by atoms with Gasteiger partial charge < -0.3 is 10.1 Å². The summed E-state index contributed by atoms with van der Waals surface area (Å²) in [6.45, 7) is 7.29. The van der Waals surface area contributed by atoms with Gasteiger partial charge in [0, 0.05) is 12.1 Å². The molecule has 1 rings (SSSR count). The number of nitrogens with one attached hydrogen (secondary N) is 1. The second-order valence-electron chi connectivity index (χ2n) is 4.47. The van der Waals surface area contributed by atoms with Crippen LogP contribution in [0.2, 0.25) is 0 Å². The van der Waals surface area contributed by atoms with E-state index in [0.717, 1.165) is 25.8 Å². The molecule has 0 aliphatic carbocycles. The maximum atomic E-state index is 13.1. The van der Waals surface area contributed by atoms with Gasteiger partial charge in [-0.1, -0.05) is 33.3 Å². The first-order chi connectivity index (χ1) is 8.71. The summed E-state index contributed by atoms with van der Waals surface area (Å²) < 4.78 is 19.0. The summed E-state index contributed by atoms with van der Waals surface area (Å²) in [6, 6.07) is 6.69. The van der Waals surface area contributed by atoms with Gasteiger partial charge in [-0.15, -0.1) is 0 Å². The van der Waals surface area contributed by atoms with E-state index in [2.05, 4.69) is 26.1 Å². The van der Waals surface area contributed by atoms with Gasteiger partial charge in [-0.05, 0) is 31.5 Å². The van der Waals surface area contributed by atoms with Crippen molar-refractivity contribution in [1.29, 1.82) is 0 Å². The van der Waals surface area contributed by atoms with E-state index in [1.165, 1.54) is 12.1 Å². The standard InChI is InChI=1S/C15H24FNO/c1-4-8-14(17-6-3)15(5-2)18-13-10-7-9-12(16)11-13/h7,9-11,14-15,17H,4-6,8H2,1-3H3. The Bertz CT molecular complexity index is 337. The highest BCUT2D eigenvalue weighted by Crippen LogP contribution is 2.18. The molecule has 0 amide bonds. The Morgan fingerprint density at radius 1 is 1.28 bits per heavy atom. The topological polar surface area (TPSA) is 21.3 Å². The van der Waals surface area contributed by atoms with Crippen LogP contribution in [-0.2, 0) is 0 Å². The zero-order chi connectivity index (χ0) is 13.4. The maximum Gasteiger partial charge on any atom is 0.126 e. The van der Waals surface area contributed by atoms with Crippen molar-refractivity contribution in [1.82, 2.24) is 5.32 Å². The molecule has 2 atom stereocenters. The average molecular weight is 253 g/mol. The van der Waals surface area contributed by atoms with E-state index >= 15 is 0 Å². The summed E-state index contributed by atoms with van der Waals surface area (Å²) >= 11 is 0. The van der Waals surface area contributed by atoms with Crippen molar-refractivity contribution in [2.45, 2.75) is 52.2 Å². The molecule has 0 aliphatic heterocycles. The Morgan fingerprint density at radius 3 is 2.61 bits per heavy atom. The van der Waals surface area contributed by atoms with Crippen molar-refractivity contribution in [3.63, 3.8) is 0 Å². The second-order valence-corrected chi connectivity index (χ2v) is 4.47. The van der Waals surface area contributed by atoms with Crippen molar-refractivity contribution < 1.29 is 9.13 Å². The first kappa shape index (κ1) is 15.0. The molecular formula is C15H24FNO. The number of hydrogen-bond donors (Lipinski definition) is 1. The number of hydrogen-bond acceptors (Lipinski definition) is 2. The Labute approximate surface area is 110 Å². The molecular weight excluding hydrogens is 229 g/mol. The van der Waals surface area contributed by atoms with Crippen LogP contribution in [0, 0.1) is 5.82 Å². The van der Waals surface area contributed by atoms with E-state index in [-0.39, 0.29) is 11.9 Å². The molecule has 0 fully saturated rings. The van der Waals surface area contributed by atoms with Crippen LogP contribution in [0.15, 0.2) is 24.3 Å². The SMILES string of the molecule is CCCC(NCC)C(CC)Oc1cccc(F)c1. The molecule has 0 bridgehead atoms. The predicted octanol–water partition coefficient (Wildman–Crippen LogP) is 3.76. The van der Waals surface area contributed by atoms with E-state index in [4.69, 9.17) is 4.74 Å². The first-order valence-electron chi connectivity index (χ1n) is 6.86. The number of benzene rings is 1. The smallest absolute Gasteiger partial charge is 0.126 e. The lowest BCUT2D eigenvalue weighted by Crippen LogP contribution is -2.42. The highest BCUT2D eigenvalue weighted by atomic mass is 19.1. The largest absolute Gasteiger partial charge is 0.489 e. The van der Waals surface area contributed by atoms with Crippen LogP contribution in [0.1, 0.15) is 40.0 Å². The van der Waals surface area contributed by atoms with E-state index < -0.39 is 0 Å². The number of likely N-dealkylation sites (N-methyl/N-ethyl adjacent to an activating group) is 1.